The third-order valence-corrected chi connectivity index (χ3v) is 7.47. The van der Waals surface area contributed by atoms with E-state index < -0.39 is 16.1 Å². The molecule has 0 spiro atoms. The van der Waals surface area contributed by atoms with Crippen molar-refractivity contribution in [3.63, 3.8) is 0 Å². The van der Waals surface area contributed by atoms with Crippen molar-refractivity contribution >= 4 is 26.7 Å². The molecule has 3 aromatic carbocycles. The zero-order chi connectivity index (χ0) is 20.4. The molecular formula is C23H24N2O3S. The summed E-state index contributed by atoms with van der Waals surface area (Å²) in [4.78, 5) is 13.2. The molecule has 1 saturated heterocycles. The van der Waals surface area contributed by atoms with Crippen molar-refractivity contribution in [3.05, 3.63) is 78.4 Å². The van der Waals surface area contributed by atoms with E-state index in [-0.39, 0.29) is 16.8 Å². The summed E-state index contributed by atoms with van der Waals surface area (Å²) in [5.41, 5.74) is 0.988. The molecule has 0 aromatic heterocycles. The predicted molar refractivity (Wildman–Crippen MR) is 114 cm³/mol. The van der Waals surface area contributed by atoms with Gasteiger partial charge < -0.3 is 5.32 Å². The molecule has 29 heavy (non-hydrogen) atoms. The lowest BCUT2D eigenvalue weighted by molar-refractivity contribution is -0.124. The molecule has 0 radical (unpaired) electrons. The highest BCUT2D eigenvalue weighted by atomic mass is 32.2. The van der Waals surface area contributed by atoms with Crippen molar-refractivity contribution < 1.29 is 13.2 Å². The van der Waals surface area contributed by atoms with Crippen LogP contribution in [0.3, 0.4) is 0 Å². The molecule has 1 aliphatic heterocycles. The number of hydrogen-bond acceptors (Lipinski definition) is 3. The van der Waals surface area contributed by atoms with Gasteiger partial charge in [-0.1, -0.05) is 66.7 Å². The number of nitrogens with one attached hydrogen (secondary N) is 1. The molecule has 5 nitrogen and oxygen atoms in total. The van der Waals surface area contributed by atoms with Gasteiger partial charge in [-0.3, -0.25) is 4.79 Å². The molecule has 6 heteroatoms. The summed E-state index contributed by atoms with van der Waals surface area (Å²) in [6, 6.07) is 21.5. The second kappa shape index (κ2) is 7.97. The summed E-state index contributed by atoms with van der Waals surface area (Å²) in [6.07, 6.45) is 1.19. The van der Waals surface area contributed by atoms with Gasteiger partial charge in [-0.15, -0.1) is 0 Å². The van der Waals surface area contributed by atoms with Gasteiger partial charge in [0.25, 0.3) is 0 Å². The van der Waals surface area contributed by atoms with Crippen LogP contribution in [0.2, 0.25) is 0 Å². The lowest BCUT2D eigenvalue weighted by atomic mass is 10.1. The Kier molecular flexibility index (Phi) is 5.39. The van der Waals surface area contributed by atoms with Crippen molar-refractivity contribution in [2.45, 2.75) is 36.7 Å². The molecule has 150 valence electrons. The van der Waals surface area contributed by atoms with E-state index in [4.69, 9.17) is 0 Å². The Hall–Kier alpha value is -2.70. The highest BCUT2D eigenvalue weighted by Crippen LogP contribution is 2.31. The monoisotopic (exact) mass is 408 g/mol. The summed E-state index contributed by atoms with van der Waals surface area (Å²) in [5, 5.41) is 4.53. The Labute approximate surface area is 171 Å². The average Bonchev–Trinajstić information content (AvgIpc) is 3.25. The molecule has 1 N–H and O–H groups in total. The van der Waals surface area contributed by atoms with E-state index in [1.807, 2.05) is 67.6 Å². The lowest BCUT2D eigenvalue weighted by Crippen LogP contribution is -2.46. The van der Waals surface area contributed by atoms with E-state index in [0.717, 1.165) is 10.9 Å². The standard InChI is InChI=1S/C23H24N2O3S/c1-17(18-9-3-2-4-10-18)24-23(26)21-14-8-16-25(21)29(27,28)22-15-7-12-19-11-5-6-13-20(19)22/h2-7,9-13,15,17,21H,8,14,16H2,1H3,(H,24,26). The predicted octanol–water partition coefficient (Wildman–Crippen LogP) is 3.87. The molecule has 1 heterocycles. The summed E-state index contributed by atoms with van der Waals surface area (Å²) in [7, 11) is -3.79. The van der Waals surface area contributed by atoms with Gasteiger partial charge in [-0.25, -0.2) is 8.42 Å². The Morgan fingerprint density at radius 1 is 1.00 bits per heavy atom. The number of carbonyl (C=O) groups excluding carboxylic acids is 1. The van der Waals surface area contributed by atoms with Crippen LogP contribution in [0.1, 0.15) is 31.4 Å². The van der Waals surface area contributed by atoms with Crippen molar-refractivity contribution in [2.75, 3.05) is 6.54 Å². The Bertz CT molecular complexity index is 1120. The molecule has 4 rings (SSSR count). The topological polar surface area (TPSA) is 66.5 Å². The Balaban J connectivity index is 1.61. The Morgan fingerprint density at radius 2 is 1.69 bits per heavy atom. The number of carbonyl (C=O) groups is 1. The van der Waals surface area contributed by atoms with Crippen LogP contribution in [0.4, 0.5) is 0 Å². The fraction of sp³-hybridized carbons (Fsp3) is 0.261. The molecule has 2 unspecified atom stereocenters. The van der Waals surface area contributed by atoms with Gasteiger partial charge in [0.1, 0.15) is 6.04 Å². The highest BCUT2D eigenvalue weighted by molar-refractivity contribution is 7.89. The summed E-state index contributed by atoms with van der Waals surface area (Å²) in [5.74, 6) is -0.248. The van der Waals surface area contributed by atoms with E-state index in [1.165, 1.54) is 4.31 Å². The maximum absolute atomic E-state index is 13.5. The first-order chi connectivity index (χ1) is 14.0. The van der Waals surface area contributed by atoms with E-state index in [2.05, 4.69) is 5.32 Å². The minimum Gasteiger partial charge on any atom is -0.348 e. The third kappa shape index (κ3) is 3.78. The maximum atomic E-state index is 13.5. The van der Waals surface area contributed by atoms with E-state index in [9.17, 15) is 13.2 Å². The number of hydrogen-bond donors (Lipinski definition) is 1. The smallest absolute Gasteiger partial charge is 0.244 e. The van der Waals surface area contributed by atoms with Gasteiger partial charge in [0.2, 0.25) is 15.9 Å². The highest BCUT2D eigenvalue weighted by Gasteiger charge is 2.40. The normalized spacial score (nSPS) is 18.6. The van der Waals surface area contributed by atoms with Crippen LogP contribution in [-0.4, -0.2) is 31.2 Å². The van der Waals surface area contributed by atoms with Crippen LogP contribution >= 0.6 is 0 Å². The van der Waals surface area contributed by atoms with Gasteiger partial charge in [0.15, 0.2) is 0 Å². The zero-order valence-electron chi connectivity index (χ0n) is 16.3. The second-order valence-electron chi connectivity index (χ2n) is 7.39. The van der Waals surface area contributed by atoms with Crippen LogP contribution in [0.5, 0.6) is 0 Å². The summed E-state index contributed by atoms with van der Waals surface area (Å²) in [6.45, 7) is 2.26. The molecule has 0 aliphatic carbocycles. The number of fused-ring (bicyclic) bond motifs is 1. The van der Waals surface area contributed by atoms with E-state index >= 15 is 0 Å². The van der Waals surface area contributed by atoms with E-state index in [1.54, 1.807) is 12.1 Å². The van der Waals surface area contributed by atoms with Crippen molar-refractivity contribution in [1.29, 1.82) is 0 Å². The molecule has 0 saturated carbocycles. The number of nitrogens with zero attached hydrogens (tertiary/aromatic N) is 1. The van der Waals surface area contributed by atoms with Crippen LogP contribution in [-0.2, 0) is 14.8 Å². The number of rotatable bonds is 5. The van der Waals surface area contributed by atoms with Gasteiger partial charge in [-0.2, -0.15) is 4.31 Å². The molecule has 1 aliphatic rings. The number of amides is 1. The molecule has 1 fully saturated rings. The SMILES string of the molecule is CC(NC(=O)C1CCCN1S(=O)(=O)c1cccc2ccccc12)c1ccccc1. The maximum Gasteiger partial charge on any atom is 0.244 e. The first-order valence-electron chi connectivity index (χ1n) is 9.83. The number of benzene rings is 3. The van der Waals surface area contributed by atoms with Crippen molar-refractivity contribution in [3.8, 4) is 0 Å². The minimum absolute atomic E-state index is 0.189. The molecule has 3 aromatic rings. The van der Waals surface area contributed by atoms with Gasteiger partial charge >= 0.3 is 0 Å². The molecular weight excluding hydrogens is 384 g/mol. The van der Waals surface area contributed by atoms with Gasteiger partial charge in [-0.05, 0) is 36.8 Å². The van der Waals surface area contributed by atoms with Crippen LogP contribution in [0.25, 0.3) is 10.8 Å². The second-order valence-corrected chi connectivity index (χ2v) is 9.25. The van der Waals surface area contributed by atoms with Gasteiger partial charge in [0.05, 0.1) is 10.9 Å². The van der Waals surface area contributed by atoms with Crippen LogP contribution in [0.15, 0.2) is 77.7 Å². The summed E-state index contributed by atoms with van der Waals surface area (Å²) >= 11 is 0. The first-order valence-corrected chi connectivity index (χ1v) is 11.3. The molecule has 1 amide bonds. The minimum atomic E-state index is -3.79. The van der Waals surface area contributed by atoms with Crippen molar-refractivity contribution in [1.82, 2.24) is 9.62 Å². The molecule has 0 bridgehead atoms. The summed E-state index contributed by atoms with van der Waals surface area (Å²) < 4.78 is 28.3. The fourth-order valence-electron chi connectivity index (χ4n) is 3.97. The van der Waals surface area contributed by atoms with E-state index in [0.29, 0.717) is 24.8 Å². The Morgan fingerprint density at radius 3 is 2.48 bits per heavy atom. The van der Waals surface area contributed by atoms with Gasteiger partial charge in [0, 0.05) is 11.9 Å². The molecule has 2 atom stereocenters. The first kappa shape index (κ1) is 19.6. The quantitative estimate of drug-likeness (QED) is 0.697. The average molecular weight is 409 g/mol. The van der Waals surface area contributed by atoms with Crippen LogP contribution in [0, 0.1) is 0 Å². The largest absolute Gasteiger partial charge is 0.348 e. The number of sulfonamides is 1. The zero-order valence-corrected chi connectivity index (χ0v) is 17.1. The lowest BCUT2D eigenvalue weighted by Gasteiger charge is -2.25. The van der Waals surface area contributed by atoms with Crippen LogP contribution < -0.4 is 5.32 Å². The van der Waals surface area contributed by atoms with Crippen molar-refractivity contribution in [2.24, 2.45) is 0 Å². The third-order valence-electron chi connectivity index (χ3n) is 5.50. The fourth-order valence-corrected chi connectivity index (χ4v) is 5.84.